The fraction of sp³-hybridized carbons (Fsp3) is 0.619. The molecule has 1 saturated heterocycles. The molecule has 1 N–H and O–H groups in total. The lowest BCUT2D eigenvalue weighted by Crippen LogP contribution is -2.58. The van der Waals surface area contributed by atoms with Crippen LogP contribution in [0.5, 0.6) is 0 Å². The van der Waals surface area contributed by atoms with Crippen LogP contribution < -0.4 is 11.1 Å². The van der Waals surface area contributed by atoms with Gasteiger partial charge in [-0.15, -0.1) is 0 Å². The highest BCUT2D eigenvalue weighted by atomic mass is 16.4. The van der Waals surface area contributed by atoms with Gasteiger partial charge >= 0.3 is 5.76 Å². The summed E-state index contributed by atoms with van der Waals surface area (Å²) in [5.74, 6) is -0.597. The summed E-state index contributed by atoms with van der Waals surface area (Å²) in [5, 5.41) is 3.14. The average Bonchev–Trinajstić information content (AvgIpc) is 3.03. The Labute approximate surface area is 159 Å². The van der Waals surface area contributed by atoms with E-state index < -0.39 is 5.76 Å². The number of nitrogens with zero attached hydrogens (tertiary/aromatic N) is 2. The maximum absolute atomic E-state index is 12.6. The van der Waals surface area contributed by atoms with Crippen molar-refractivity contribution in [3.05, 3.63) is 34.8 Å². The van der Waals surface area contributed by atoms with Gasteiger partial charge in [-0.25, -0.2) is 4.79 Å². The van der Waals surface area contributed by atoms with E-state index in [1.54, 1.807) is 6.07 Å². The normalized spacial score (nSPS) is 20.6. The zero-order valence-corrected chi connectivity index (χ0v) is 15.9. The fourth-order valence-corrected chi connectivity index (χ4v) is 4.81. The van der Waals surface area contributed by atoms with E-state index in [2.05, 4.69) is 10.2 Å². The Hall–Kier alpha value is -2.08. The number of rotatable bonds is 5. The molecule has 0 bridgehead atoms. The quantitative estimate of drug-likeness (QED) is 0.878. The van der Waals surface area contributed by atoms with Gasteiger partial charge in [0.25, 0.3) is 0 Å². The number of hydrogen-bond donors (Lipinski definition) is 1. The standard InChI is InChI=1S/C21H29N3O3/c25-19(15-24-17-9-3-4-10-18(17)27-20(24)26)22-16-21(11-5-1-6-12-21)23-13-7-2-8-14-23/h3-4,9-10H,1-2,5-8,11-16H2,(H,22,25). The van der Waals surface area contributed by atoms with Gasteiger partial charge in [-0.3, -0.25) is 14.3 Å². The number of piperidine rings is 1. The van der Waals surface area contributed by atoms with Crippen molar-refractivity contribution in [3.63, 3.8) is 0 Å². The van der Waals surface area contributed by atoms with Crippen LogP contribution in [0.25, 0.3) is 11.1 Å². The highest BCUT2D eigenvalue weighted by molar-refractivity contribution is 5.79. The van der Waals surface area contributed by atoms with Crippen molar-refractivity contribution < 1.29 is 9.21 Å². The Balaban J connectivity index is 1.45. The molecular formula is C21H29N3O3. The first-order valence-corrected chi connectivity index (χ1v) is 10.3. The van der Waals surface area contributed by atoms with E-state index in [1.165, 1.54) is 43.1 Å². The van der Waals surface area contributed by atoms with Crippen molar-refractivity contribution in [2.45, 2.75) is 63.5 Å². The molecule has 1 aromatic heterocycles. The molecule has 27 heavy (non-hydrogen) atoms. The van der Waals surface area contributed by atoms with Crippen LogP contribution in [0.3, 0.4) is 0 Å². The van der Waals surface area contributed by atoms with Gasteiger partial charge in [0, 0.05) is 12.1 Å². The number of hydrogen-bond acceptors (Lipinski definition) is 4. The van der Waals surface area contributed by atoms with E-state index in [0.29, 0.717) is 17.6 Å². The number of oxazole rings is 1. The van der Waals surface area contributed by atoms with Crippen LogP contribution in [0.2, 0.25) is 0 Å². The van der Waals surface area contributed by atoms with Crippen molar-refractivity contribution in [2.24, 2.45) is 0 Å². The van der Waals surface area contributed by atoms with Crippen LogP contribution in [0.4, 0.5) is 0 Å². The first-order chi connectivity index (χ1) is 13.2. The second kappa shape index (κ2) is 7.89. The summed E-state index contributed by atoms with van der Waals surface area (Å²) in [6.07, 6.45) is 9.90. The molecule has 0 spiro atoms. The number of nitrogens with one attached hydrogen (secondary N) is 1. The van der Waals surface area contributed by atoms with E-state index >= 15 is 0 Å². The molecule has 0 atom stereocenters. The lowest BCUT2D eigenvalue weighted by molar-refractivity contribution is -0.122. The van der Waals surface area contributed by atoms with Crippen LogP contribution in [0, 0.1) is 0 Å². The van der Waals surface area contributed by atoms with Crippen LogP contribution in [-0.4, -0.2) is 40.5 Å². The average molecular weight is 371 g/mol. The van der Waals surface area contributed by atoms with Crippen molar-refractivity contribution in [3.8, 4) is 0 Å². The first kappa shape index (κ1) is 18.3. The molecule has 1 aromatic carbocycles. The van der Waals surface area contributed by atoms with Gasteiger partial charge in [0.05, 0.1) is 5.52 Å². The van der Waals surface area contributed by atoms with Gasteiger partial charge in [0.1, 0.15) is 6.54 Å². The molecule has 1 aliphatic heterocycles. The summed E-state index contributed by atoms with van der Waals surface area (Å²) in [6.45, 7) is 2.96. The zero-order chi connectivity index (χ0) is 18.7. The van der Waals surface area contributed by atoms with Crippen molar-refractivity contribution in [1.82, 2.24) is 14.8 Å². The maximum Gasteiger partial charge on any atom is 0.420 e. The number of fused-ring (bicyclic) bond motifs is 1. The largest absolute Gasteiger partial charge is 0.420 e. The molecule has 6 nitrogen and oxygen atoms in total. The summed E-state index contributed by atoms with van der Waals surface area (Å²) in [5.41, 5.74) is 1.28. The van der Waals surface area contributed by atoms with Gasteiger partial charge < -0.3 is 9.73 Å². The molecule has 2 aliphatic rings. The lowest BCUT2D eigenvalue weighted by Gasteiger charge is -2.48. The molecule has 4 rings (SSSR count). The van der Waals surface area contributed by atoms with Crippen LogP contribution >= 0.6 is 0 Å². The van der Waals surface area contributed by atoms with Gasteiger partial charge in [-0.2, -0.15) is 0 Å². The minimum atomic E-state index is -0.477. The van der Waals surface area contributed by atoms with Gasteiger partial charge in [-0.1, -0.05) is 37.8 Å². The Kier molecular flexibility index (Phi) is 5.34. The number of amides is 1. The van der Waals surface area contributed by atoms with Crippen molar-refractivity contribution >= 4 is 17.0 Å². The van der Waals surface area contributed by atoms with Crippen LogP contribution in [-0.2, 0) is 11.3 Å². The number of carbonyl (C=O) groups is 1. The first-order valence-electron chi connectivity index (χ1n) is 10.3. The second-order valence-corrected chi connectivity index (χ2v) is 8.03. The maximum atomic E-state index is 12.6. The number of benzene rings is 1. The molecule has 2 fully saturated rings. The second-order valence-electron chi connectivity index (χ2n) is 8.03. The third-order valence-corrected chi connectivity index (χ3v) is 6.30. The van der Waals surface area contributed by atoms with Crippen LogP contribution in [0.1, 0.15) is 51.4 Å². The Morgan fingerprint density at radius 3 is 2.52 bits per heavy atom. The fourth-order valence-electron chi connectivity index (χ4n) is 4.81. The molecule has 1 amide bonds. The third kappa shape index (κ3) is 3.81. The van der Waals surface area contributed by atoms with Gasteiger partial charge in [0.2, 0.25) is 5.91 Å². The minimum absolute atomic E-state index is 0.00588. The SMILES string of the molecule is O=C(Cn1c(=O)oc2ccccc21)NCC1(N2CCCCC2)CCCCC1. The summed E-state index contributed by atoms with van der Waals surface area (Å²) in [4.78, 5) is 27.4. The highest BCUT2D eigenvalue weighted by Gasteiger charge is 2.38. The van der Waals surface area contributed by atoms with E-state index in [1.807, 2.05) is 18.2 Å². The monoisotopic (exact) mass is 371 g/mol. The third-order valence-electron chi connectivity index (χ3n) is 6.30. The van der Waals surface area contributed by atoms with Crippen molar-refractivity contribution in [1.29, 1.82) is 0 Å². The summed E-state index contributed by atoms with van der Waals surface area (Å²) in [6, 6.07) is 7.22. The molecular weight excluding hydrogens is 342 g/mol. The van der Waals surface area contributed by atoms with E-state index in [0.717, 1.165) is 25.9 Å². The van der Waals surface area contributed by atoms with Crippen LogP contribution in [0.15, 0.2) is 33.5 Å². The molecule has 0 unspecified atom stereocenters. The number of aromatic nitrogens is 1. The number of carbonyl (C=O) groups excluding carboxylic acids is 1. The smallest absolute Gasteiger partial charge is 0.408 e. The molecule has 2 heterocycles. The zero-order valence-electron chi connectivity index (χ0n) is 15.9. The Morgan fingerprint density at radius 2 is 1.74 bits per heavy atom. The summed E-state index contributed by atoms with van der Waals surface area (Å²) < 4.78 is 6.64. The lowest BCUT2D eigenvalue weighted by atomic mass is 9.79. The van der Waals surface area contributed by atoms with E-state index in [-0.39, 0.29) is 18.0 Å². The molecule has 2 aromatic rings. The van der Waals surface area contributed by atoms with E-state index in [9.17, 15) is 9.59 Å². The molecule has 146 valence electrons. The topological polar surface area (TPSA) is 67.5 Å². The molecule has 6 heteroatoms. The predicted molar refractivity (Wildman–Crippen MR) is 105 cm³/mol. The number of para-hydroxylation sites is 2. The molecule has 1 aliphatic carbocycles. The summed E-state index contributed by atoms with van der Waals surface area (Å²) in [7, 11) is 0. The Morgan fingerprint density at radius 1 is 1.04 bits per heavy atom. The van der Waals surface area contributed by atoms with E-state index in [4.69, 9.17) is 4.42 Å². The van der Waals surface area contributed by atoms with Gasteiger partial charge in [0.15, 0.2) is 5.58 Å². The Bertz CT molecular complexity index is 842. The van der Waals surface area contributed by atoms with Crippen molar-refractivity contribution in [2.75, 3.05) is 19.6 Å². The number of likely N-dealkylation sites (tertiary alicyclic amines) is 1. The predicted octanol–water partition coefficient (Wildman–Crippen LogP) is 2.90. The molecule has 0 radical (unpaired) electrons. The summed E-state index contributed by atoms with van der Waals surface area (Å²) >= 11 is 0. The van der Waals surface area contributed by atoms with Gasteiger partial charge in [-0.05, 0) is 50.9 Å². The highest BCUT2D eigenvalue weighted by Crippen LogP contribution is 2.35. The molecule has 1 saturated carbocycles. The minimum Gasteiger partial charge on any atom is -0.408 e.